The third-order valence-electron chi connectivity index (χ3n) is 1.85. The number of hydrazone groups is 1. The molecule has 0 aliphatic rings. The summed E-state index contributed by atoms with van der Waals surface area (Å²) in [6.07, 6.45) is -0.197. The highest BCUT2D eigenvalue weighted by Gasteiger charge is 2.00. The van der Waals surface area contributed by atoms with Gasteiger partial charge in [0.25, 0.3) is 5.91 Å². The molecule has 1 rings (SSSR count). The number of hydrogen-bond donors (Lipinski definition) is 1. The summed E-state index contributed by atoms with van der Waals surface area (Å²) < 4.78 is 0. The molecular weight excluding hydrogens is 226 g/mol. The van der Waals surface area contributed by atoms with Crippen molar-refractivity contribution in [3.8, 4) is 6.07 Å². The molecule has 0 atom stereocenters. The lowest BCUT2D eigenvalue weighted by molar-refractivity contribution is -0.120. The van der Waals surface area contributed by atoms with Gasteiger partial charge in [-0.3, -0.25) is 4.79 Å². The van der Waals surface area contributed by atoms with E-state index in [4.69, 9.17) is 16.9 Å². The van der Waals surface area contributed by atoms with Crippen LogP contribution in [0.25, 0.3) is 0 Å². The summed E-state index contributed by atoms with van der Waals surface area (Å²) in [5, 5.41) is 12.8. The fraction of sp³-hybridized carbons (Fsp3) is 0.182. The molecule has 0 saturated carbocycles. The molecule has 0 heterocycles. The van der Waals surface area contributed by atoms with Crippen molar-refractivity contribution >= 4 is 23.2 Å². The zero-order valence-corrected chi connectivity index (χ0v) is 9.45. The van der Waals surface area contributed by atoms with Gasteiger partial charge >= 0.3 is 0 Å². The molecule has 0 aromatic heterocycles. The first-order valence-corrected chi connectivity index (χ1v) is 4.97. The number of rotatable bonds is 3. The molecule has 5 heteroatoms. The summed E-state index contributed by atoms with van der Waals surface area (Å²) in [5.41, 5.74) is 3.81. The predicted molar refractivity (Wildman–Crippen MR) is 62.0 cm³/mol. The van der Waals surface area contributed by atoms with Crippen molar-refractivity contribution in [2.75, 3.05) is 0 Å². The summed E-state index contributed by atoms with van der Waals surface area (Å²) in [5.74, 6) is -0.421. The topological polar surface area (TPSA) is 65.2 Å². The number of nitrogens with one attached hydrogen (secondary N) is 1. The summed E-state index contributed by atoms with van der Waals surface area (Å²) in [6.45, 7) is 1.76. The van der Waals surface area contributed by atoms with Crippen molar-refractivity contribution in [1.29, 1.82) is 5.26 Å². The molecule has 0 fully saturated rings. The molecule has 1 N–H and O–H groups in total. The minimum Gasteiger partial charge on any atom is -0.272 e. The zero-order valence-electron chi connectivity index (χ0n) is 8.70. The Morgan fingerprint density at radius 2 is 2.12 bits per heavy atom. The number of benzene rings is 1. The van der Waals surface area contributed by atoms with Crippen LogP contribution in [0.3, 0.4) is 0 Å². The van der Waals surface area contributed by atoms with Gasteiger partial charge in [-0.1, -0.05) is 23.7 Å². The van der Waals surface area contributed by atoms with E-state index < -0.39 is 5.91 Å². The van der Waals surface area contributed by atoms with Crippen molar-refractivity contribution in [2.24, 2.45) is 5.10 Å². The van der Waals surface area contributed by atoms with Crippen LogP contribution in [0.1, 0.15) is 18.9 Å². The summed E-state index contributed by atoms with van der Waals surface area (Å²) >= 11 is 5.74. The average molecular weight is 236 g/mol. The largest absolute Gasteiger partial charge is 0.272 e. The normalized spacial score (nSPS) is 10.7. The molecule has 0 radical (unpaired) electrons. The van der Waals surface area contributed by atoms with E-state index in [-0.39, 0.29) is 6.42 Å². The van der Waals surface area contributed by atoms with Crippen LogP contribution in [-0.4, -0.2) is 11.6 Å². The second kappa shape index (κ2) is 5.89. The first-order valence-electron chi connectivity index (χ1n) is 4.59. The van der Waals surface area contributed by atoms with Crippen molar-refractivity contribution in [2.45, 2.75) is 13.3 Å². The quantitative estimate of drug-likeness (QED) is 0.644. The highest BCUT2D eigenvalue weighted by atomic mass is 35.5. The number of amides is 1. The van der Waals surface area contributed by atoms with Gasteiger partial charge in [0, 0.05) is 5.02 Å². The van der Waals surface area contributed by atoms with Gasteiger partial charge in [-0.25, -0.2) is 5.43 Å². The van der Waals surface area contributed by atoms with E-state index in [9.17, 15) is 4.79 Å². The minimum atomic E-state index is -0.421. The Morgan fingerprint density at radius 3 is 2.69 bits per heavy atom. The minimum absolute atomic E-state index is 0.197. The Hall–Kier alpha value is -1.86. The molecule has 0 saturated heterocycles. The molecule has 1 amide bonds. The maximum Gasteiger partial charge on any atom is 0.254 e. The maximum atomic E-state index is 11.0. The van der Waals surface area contributed by atoms with Crippen molar-refractivity contribution in [1.82, 2.24) is 5.43 Å². The van der Waals surface area contributed by atoms with Gasteiger partial charge in [0.05, 0.1) is 11.8 Å². The number of nitriles is 1. The van der Waals surface area contributed by atoms with E-state index in [1.54, 1.807) is 37.3 Å². The van der Waals surface area contributed by atoms with Gasteiger partial charge < -0.3 is 0 Å². The molecule has 1 aromatic carbocycles. The molecule has 0 aliphatic carbocycles. The average Bonchev–Trinajstić information content (AvgIpc) is 2.27. The zero-order chi connectivity index (χ0) is 12.0. The summed E-state index contributed by atoms with van der Waals surface area (Å²) in [4.78, 5) is 11.0. The number of carbonyl (C=O) groups is 1. The number of nitrogens with zero attached hydrogens (tertiary/aromatic N) is 2. The van der Waals surface area contributed by atoms with Gasteiger partial charge in [-0.05, 0) is 24.6 Å². The molecule has 4 nitrogen and oxygen atoms in total. The smallest absolute Gasteiger partial charge is 0.254 e. The second-order valence-corrected chi connectivity index (χ2v) is 3.51. The highest BCUT2D eigenvalue weighted by Crippen LogP contribution is 2.09. The monoisotopic (exact) mass is 235 g/mol. The number of carbonyl (C=O) groups excluding carboxylic acids is 1. The lowest BCUT2D eigenvalue weighted by Crippen LogP contribution is -2.18. The first kappa shape index (κ1) is 12.2. The van der Waals surface area contributed by atoms with Gasteiger partial charge in [0.1, 0.15) is 6.42 Å². The number of hydrogen-bond acceptors (Lipinski definition) is 3. The van der Waals surface area contributed by atoms with E-state index in [0.29, 0.717) is 10.7 Å². The molecule has 0 aliphatic heterocycles. The Kier molecular flexibility index (Phi) is 4.49. The summed E-state index contributed by atoms with van der Waals surface area (Å²) in [6, 6.07) is 8.83. The van der Waals surface area contributed by atoms with Crippen molar-refractivity contribution in [3.05, 3.63) is 34.9 Å². The SMILES string of the molecule is C/C(=N/NC(=O)CC#N)c1ccc(Cl)cc1. The van der Waals surface area contributed by atoms with Crippen LogP contribution in [-0.2, 0) is 4.79 Å². The van der Waals surface area contributed by atoms with Crippen LogP contribution in [0.5, 0.6) is 0 Å². The van der Waals surface area contributed by atoms with Gasteiger partial charge in [0.2, 0.25) is 0 Å². The third-order valence-corrected chi connectivity index (χ3v) is 2.10. The molecule has 0 bridgehead atoms. The molecule has 16 heavy (non-hydrogen) atoms. The molecule has 82 valence electrons. The van der Waals surface area contributed by atoms with E-state index in [1.165, 1.54) is 0 Å². The van der Waals surface area contributed by atoms with Crippen LogP contribution in [0, 0.1) is 11.3 Å². The molecular formula is C11H10ClN3O. The van der Waals surface area contributed by atoms with Crippen LogP contribution in [0.15, 0.2) is 29.4 Å². The second-order valence-electron chi connectivity index (χ2n) is 3.07. The summed E-state index contributed by atoms with van der Waals surface area (Å²) in [7, 11) is 0. The van der Waals surface area contributed by atoms with Gasteiger partial charge in [0.15, 0.2) is 0 Å². The van der Waals surface area contributed by atoms with E-state index in [2.05, 4.69) is 10.5 Å². The first-order chi connectivity index (χ1) is 7.63. The third kappa shape index (κ3) is 3.71. The fourth-order valence-electron chi connectivity index (χ4n) is 1.01. The van der Waals surface area contributed by atoms with Crippen LogP contribution in [0.4, 0.5) is 0 Å². The number of halogens is 1. The lowest BCUT2D eigenvalue weighted by atomic mass is 10.1. The molecule has 0 spiro atoms. The Bertz CT molecular complexity index is 445. The van der Waals surface area contributed by atoms with Crippen LogP contribution < -0.4 is 5.43 Å². The van der Waals surface area contributed by atoms with Crippen molar-refractivity contribution < 1.29 is 4.79 Å². The van der Waals surface area contributed by atoms with E-state index in [0.717, 1.165) is 5.56 Å². The Morgan fingerprint density at radius 1 is 1.50 bits per heavy atom. The fourth-order valence-corrected chi connectivity index (χ4v) is 1.14. The predicted octanol–water partition coefficient (Wildman–Crippen LogP) is 2.09. The molecule has 0 unspecified atom stereocenters. The maximum absolute atomic E-state index is 11.0. The van der Waals surface area contributed by atoms with Gasteiger partial charge in [-0.2, -0.15) is 10.4 Å². The molecule has 1 aromatic rings. The lowest BCUT2D eigenvalue weighted by Gasteiger charge is -2.01. The Labute approximate surface area is 98.5 Å². The van der Waals surface area contributed by atoms with E-state index >= 15 is 0 Å². The highest BCUT2D eigenvalue weighted by molar-refractivity contribution is 6.30. The standard InChI is InChI=1S/C11H10ClN3O/c1-8(14-15-11(16)6-7-13)9-2-4-10(12)5-3-9/h2-5H,6H2,1H3,(H,15,16)/b14-8-. The Balaban J connectivity index is 2.67. The van der Waals surface area contributed by atoms with Gasteiger partial charge in [-0.15, -0.1) is 0 Å². The van der Waals surface area contributed by atoms with Crippen LogP contribution >= 0.6 is 11.6 Å². The van der Waals surface area contributed by atoms with Crippen molar-refractivity contribution in [3.63, 3.8) is 0 Å². The van der Waals surface area contributed by atoms with Crippen LogP contribution in [0.2, 0.25) is 5.02 Å². The van der Waals surface area contributed by atoms with E-state index in [1.807, 2.05) is 0 Å².